The number of hydrogen-bond donors (Lipinski definition) is 0. The molecule has 0 saturated heterocycles. The fraction of sp³-hybridized carbons (Fsp3) is 0.571. The maximum atomic E-state index is 12.4. The average Bonchev–Trinajstić information content (AvgIpc) is 2.59. The predicted molar refractivity (Wildman–Crippen MR) is 98.5 cm³/mol. The quantitative estimate of drug-likeness (QED) is 0.493. The van der Waals surface area contributed by atoms with Gasteiger partial charge in [-0.2, -0.15) is 0 Å². The fourth-order valence-electron chi connectivity index (χ4n) is 3.40. The molecule has 1 heterocycles. The van der Waals surface area contributed by atoms with Gasteiger partial charge in [0, 0.05) is 18.3 Å². The van der Waals surface area contributed by atoms with Gasteiger partial charge in [0.25, 0.3) is 0 Å². The van der Waals surface area contributed by atoms with Crippen molar-refractivity contribution in [1.82, 2.24) is 4.90 Å². The molecule has 1 aliphatic rings. The molecule has 0 aromatic heterocycles. The van der Waals surface area contributed by atoms with Crippen molar-refractivity contribution in [2.75, 3.05) is 6.61 Å². The van der Waals surface area contributed by atoms with Crippen molar-refractivity contribution in [2.24, 2.45) is 0 Å². The zero-order chi connectivity index (χ0) is 17.4. The molecule has 1 aromatic carbocycles. The molecule has 0 aliphatic carbocycles. The smallest absolute Gasteiger partial charge is 0.335 e. The van der Waals surface area contributed by atoms with E-state index in [2.05, 4.69) is 43.0 Å². The maximum absolute atomic E-state index is 12.4. The number of carbonyl (C=O) groups excluding carboxylic acids is 1. The third kappa shape index (κ3) is 4.86. The lowest BCUT2D eigenvalue weighted by molar-refractivity contribution is -0.139. The Morgan fingerprint density at radius 1 is 1.21 bits per heavy atom. The number of allylic oxidation sites excluding steroid dienone is 1. The molecule has 1 aromatic rings. The van der Waals surface area contributed by atoms with Gasteiger partial charge in [-0.25, -0.2) is 4.79 Å². The highest BCUT2D eigenvalue weighted by Crippen LogP contribution is 2.32. The van der Waals surface area contributed by atoms with Crippen molar-refractivity contribution in [2.45, 2.75) is 71.9 Å². The molecule has 1 aliphatic heterocycles. The van der Waals surface area contributed by atoms with Gasteiger partial charge < -0.3 is 9.64 Å². The molecular formula is C21H31NO2. The first-order chi connectivity index (χ1) is 11.7. The van der Waals surface area contributed by atoms with E-state index in [0.29, 0.717) is 12.6 Å². The summed E-state index contributed by atoms with van der Waals surface area (Å²) in [6.07, 6.45) is 6.35. The Bertz CT molecular complexity index is 550. The normalized spacial score (nSPS) is 18.0. The zero-order valence-electron chi connectivity index (χ0n) is 15.4. The number of carbonyl (C=O) groups is 1. The van der Waals surface area contributed by atoms with E-state index in [1.54, 1.807) is 0 Å². The minimum absolute atomic E-state index is 0.117. The van der Waals surface area contributed by atoms with Crippen LogP contribution in [-0.2, 0) is 16.1 Å². The Kier molecular flexibility index (Phi) is 7.36. The van der Waals surface area contributed by atoms with E-state index < -0.39 is 0 Å². The summed E-state index contributed by atoms with van der Waals surface area (Å²) in [6.45, 7) is 7.67. The van der Waals surface area contributed by atoms with Crippen LogP contribution in [0.2, 0.25) is 0 Å². The van der Waals surface area contributed by atoms with Gasteiger partial charge in [-0.05, 0) is 45.1 Å². The molecule has 3 nitrogen and oxygen atoms in total. The van der Waals surface area contributed by atoms with Gasteiger partial charge in [0.15, 0.2) is 0 Å². The van der Waals surface area contributed by atoms with Crippen molar-refractivity contribution in [3.63, 3.8) is 0 Å². The van der Waals surface area contributed by atoms with E-state index in [1.807, 2.05) is 13.0 Å². The monoisotopic (exact) mass is 329 g/mol. The second-order valence-corrected chi connectivity index (χ2v) is 6.60. The van der Waals surface area contributed by atoms with Gasteiger partial charge in [0.1, 0.15) is 0 Å². The number of rotatable bonds is 8. The highest BCUT2D eigenvalue weighted by Gasteiger charge is 2.29. The number of nitrogens with zero attached hydrogens (tertiary/aromatic N) is 1. The standard InChI is InChI=1S/C21H31NO2/c1-4-6-8-13-20-19(21(23)24-5-2)15-14-17(3)22(20)16-18-11-9-7-10-12-18/h7,9-12,17H,4-6,8,13-16H2,1-3H3. The largest absolute Gasteiger partial charge is 0.463 e. The number of esters is 1. The van der Waals surface area contributed by atoms with E-state index >= 15 is 0 Å². The fourth-order valence-corrected chi connectivity index (χ4v) is 3.40. The highest BCUT2D eigenvalue weighted by molar-refractivity contribution is 5.89. The molecule has 3 heteroatoms. The summed E-state index contributed by atoms with van der Waals surface area (Å²) < 4.78 is 5.33. The van der Waals surface area contributed by atoms with Crippen LogP contribution in [0.1, 0.15) is 64.9 Å². The number of benzene rings is 1. The summed E-state index contributed by atoms with van der Waals surface area (Å²) in [5, 5.41) is 0. The van der Waals surface area contributed by atoms with Gasteiger partial charge in [0.05, 0.1) is 12.2 Å². The topological polar surface area (TPSA) is 29.5 Å². The summed E-state index contributed by atoms with van der Waals surface area (Å²) in [5.41, 5.74) is 3.41. The van der Waals surface area contributed by atoms with Gasteiger partial charge >= 0.3 is 5.97 Å². The van der Waals surface area contributed by atoms with Crippen LogP contribution in [0.3, 0.4) is 0 Å². The van der Waals surface area contributed by atoms with E-state index in [4.69, 9.17) is 4.74 Å². The molecule has 0 amide bonds. The molecule has 1 atom stereocenters. The highest BCUT2D eigenvalue weighted by atomic mass is 16.5. The molecule has 0 fully saturated rings. The zero-order valence-corrected chi connectivity index (χ0v) is 15.4. The second-order valence-electron chi connectivity index (χ2n) is 6.60. The van der Waals surface area contributed by atoms with Gasteiger partial charge in [-0.3, -0.25) is 0 Å². The maximum Gasteiger partial charge on any atom is 0.335 e. The lowest BCUT2D eigenvalue weighted by atomic mass is 9.93. The minimum Gasteiger partial charge on any atom is -0.463 e. The van der Waals surface area contributed by atoms with E-state index in [0.717, 1.165) is 37.8 Å². The lowest BCUT2D eigenvalue weighted by Gasteiger charge is -2.39. The Balaban J connectivity index is 2.27. The molecule has 132 valence electrons. The summed E-state index contributed by atoms with van der Waals surface area (Å²) in [4.78, 5) is 14.9. The van der Waals surface area contributed by atoms with Crippen LogP contribution in [0.25, 0.3) is 0 Å². The molecule has 0 N–H and O–H groups in total. The van der Waals surface area contributed by atoms with Crippen LogP contribution in [0.15, 0.2) is 41.6 Å². The molecule has 0 bridgehead atoms. The van der Waals surface area contributed by atoms with Crippen LogP contribution in [0.4, 0.5) is 0 Å². The first kappa shape index (κ1) is 18.6. The van der Waals surface area contributed by atoms with E-state index in [9.17, 15) is 4.79 Å². The van der Waals surface area contributed by atoms with E-state index in [-0.39, 0.29) is 5.97 Å². The molecular weight excluding hydrogens is 298 g/mol. The molecule has 0 saturated carbocycles. The van der Waals surface area contributed by atoms with Gasteiger partial charge in [-0.1, -0.05) is 50.1 Å². The summed E-state index contributed by atoms with van der Waals surface area (Å²) in [6, 6.07) is 11.0. The Morgan fingerprint density at radius 2 is 1.96 bits per heavy atom. The van der Waals surface area contributed by atoms with Crippen LogP contribution >= 0.6 is 0 Å². The Morgan fingerprint density at radius 3 is 2.62 bits per heavy atom. The first-order valence-corrected chi connectivity index (χ1v) is 9.37. The van der Waals surface area contributed by atoms with Crippen LogP contribution < -0.4 is 0 Å². The molecule has 0 radical (unpaired) electrons. The van der Waals surface area contributed by atoms with Crippen LogP contribution in [0, 0.1) is 0 Å². The van der Waals surface area contributed by atoms with Crippen LogP contribution in [-0.4, -0.2) is 23.5 Å². The summed E-state index contributed by atoms with van der Waals surface area (Å²) in [5.74, 6) is -0.117. The van der Waals surface area contributed by atoms with Gasteiger partial charge in [0.2, 0.25) is 0 Å². The Hall–Kier alpha value is -1.77. The van der Waals surface area contributed by atoms with Crippen molar-refractivity contribution in [3.05, 3.63) is 47.2 Å². The SMILES string of the molecule is CCCCCC1=C(C(=O)OCC)CCC(C)N1Cc1ccccc1. The second kappa shape index (κ2) is 9.51. The lowest BCUT2D eigenvalue weighted by Crippen LogP contribution is -2.37. The molecule has 2 rings (SSSR count). The van der Waals surface area contributed by atoms with Crippen LogP contribution in [0.5, 0.6) is 0 Å². The molecule has 24 heavy (non-hydrogen) atoms. The van der Waals surface area contributed by atoms with Crippen molar-refractivity contribution in [3.8, 4) is 0 Å². The number of unbranched alkanes of at least 4 members (excludes halogenated alkanes) is 2. The van der Waals surface area contributed by atoms with E-state index in [1.165, 1.54) is 24.1 Å². The number of hydrogen-bond acceptors (Lipinski definition) is 3. The molecule has 0 spiro atoms. The first-order valence-electron chi connectivity index (χ1n) is 9.37. The summed E-state index contributed by atoms with van der Waals surface area (Å²) in [7, 11) is 0. The Labute approximate surface area is 146 Å². The third-order valence-corrected chi connectivity index (χ3v) is 4.77. The van der Waals surface area contributed by atoms with Gasteiger partial charge in [-0.15, -0.1) is 0 Å². The van der Waals surface area contributed by atoms with Crippen molar-refractivity contribution >= 4 is 5.97 Å². The summed E-state index contributed by atoms with van der Waals surface area (Å²) >= 11 is 0. The molecule has 1 unspecified atom stereocenters. The minimum atomic E-state index is -0.117. The van der Waals surface area contributed by atoms with Crippen molar-refractivity contribution in [1.29, 1.82) is 0 Å². The average molecular weight is 329 g/mol. The third-order valence-electron chi connectivity index (χ3n) is 4.77. The number of ether oxygens (including phenoxy) is 1. The predicted octanol–water partition coefficient (Wildman–Crippen LogP) is 5.07. The van der Waals surface area contributed by atoms with Crippen molar-refractivity contribution < 1.29 is 9.53 Å².